The van der Waals surface area contributed by atoms with Gasteiger partial charge in [-0.2, -0.15) is 0 Å². The van der Waals surface area contributed by atoms with Crippen LogP contribution in [0.5, 0.6) is 0 Å². The minimum absolute atomic E-state index is 0.00760. The van der Waals surface area contributed by atoms with Crippen molar-refractivity contribution in [3.63, 3.8) is 0 Å². The highest BCUT2D eigenvalue weighted by molar-refractivity contribution is 5.72. The molecule has 1 unspecified atom stereocenters. The average molecular weight is 225 g/mol. The maximum atomic E-state index is 10.7. The molecule has 0 radical (unpaired) electrons. The summed E-state index contributed by atoms with van der Waals surface area (Å²) in [5, 5.41) is 9.95. The molecule has 1 atom stereocenters. The van der Waals surface area contributed by atoms with Crippen LogP contribution in [0.15, 0.2) is 4.52 Å². The number of hydrogen-bond acceptors (Lipinski definition) is 4. The molecule has 0 saturated carbocycles. The number of amides is 1. The Morgan fingerprint density at radius 1 is 1.44 bits per heavy atom. The summed E-state index contributed by atoms with van der Waals surface area (Å²) in [6, 6.07) is 0.181. The molecule has 0 aromatic carbocycles. The molecule has 0 bridgehead atoms. The molecule has 0 aliphatic heterocycles. The second-order valence-electron chi connectivity index (χ2n) is 3.90. The summed E-state index contributed by atoms with van der Waals surface area (Å²) in [4.78, 5) is 10.7. The lowest BCUT2D eigenvalue weighted by molar-refractivity contribution is -0.118. The molecule has 2 N–H and O–H groups in total. The highest BCUT2D eigenvalue weighted by Crippen LogP contribution is 2.20. The van der Waals surface area contributed by atoms with Crippen molar-refractivity contribution in [2.24, 2.45) is 0 Å². The summed E-state index contributed by atoms with van der Waals surface area (Å²) >= 11 is 0. The van der Waals surface area contributed by atoms with Crippen molar-refractivity contribution in [2.45, 2.75) is 33.7 Å². The molecule has 0 saturated heterocycles. The molecular weight excluding hydrogens is 206 g/mol. The Hall–Kier alpha value is -1.36. The predicted octanol–water partition coefficient (Wildman–Crippen LogP) is 1.08. The Labute approximate surface area is 95.6 Å². The number of aryl methyl sites for hydroxylation is 2. The fourth-order valence-corrected chi connectivity index (χ4v) is 1.74. The van der Waals surface area contributed by atoms with Gasteiger partial charge in [-0.1, -0.05) is 5.16 Å². The summed E-state index contributed by atoms with van der Waals surface area (Å²) in [6.07, 6.45) is 0. The maximum Gasteiger partial charge on any atom is 0.216 e. The van der Waals surface area contributed by atoms with Crippen LogP contribution in [0.2, 0.25) is 0 Å². The molecule has 1 aromatic heterocycles. The molecule has 0 aliphatic carbocycles. The first-order valence-corrected chi connectivity index (χ1v) is 5.43. The molecule has 5 nitrogen and oxygen atoms in total. The molecule has 0 spiro atoms. The number of carbonyl (C=O) groups excluding carboxylic acids is 1. The number of nitrogens with zero attached hydrogens (tertiary/aromatic N) is 1. The first-order valence-electron chi connectivity index (χ1n) is 5.43. The Bertz CT molecular complexity index is 341. The molecule has 1 amide bonds. The quantitative estimate of drug-likeness (QED) is 0.736. The fraction of sp³-hybridized carbons (Fsp3) is 0.636. The van der Waals surface area contributed by atoms with E-state index in [0.717, 1.165) is 23.6 Å². The van der Waals surface area contributed by atoms with E-state index in [1.54, 1.807) is 0 Å². The van der Waals surface area contributed by atoms with Crippen molar-refractivity contribution in [1.82, 2.24) is 15.8 Å². The number of aromatic nitrogens is 1. The van der Waals surface area contributed by atoms with Crippen molar-refractivity contribution in [1.29, 1.82) is 0 Å². The molecule has 90 valence electrons. The van der Waals surface area contributed by atoms with Gasteiger partial charge < -0.3 is 15.2 Å². The molecule has 5 heteroatoms. The van der Waals surface area contributed by atoms with Gasteiger partial charge in [-0.3, -0.25) is 4.79 Å². The van der Waals surface area contributed by atoms with Gasteiger partial charge in [0.05, 0.1) is 5.69 Å². The van der Waals surface area contributed by atoms with Gasteiger partial charge in [-0.05, 0) is 20.8 Å². The van der Waals surface area contributed by atoms with Gasteiger partial charge >= 0.3 is 0 Å². The molecular formula is C11H19N3O2. The molecule has 1 aromatic rings. The Kier molecular flexibility index (Phi) is 4.49. The van der Waals surface area contributed by atoms with Gasteiger partial charge in [0, 0.05) is 31.6 Å². The Morgan fingerprint density at radius 3 is 2.62 bits per heavy atom. The van der Waals surface area contributed by atoms with Crippen LogP contribution in [-0.4, -0.2) is 24.2 Å². The van der Waals surface area contributed by atoms with Crippen LogP contribution < -0.4 is 10.6 Å². The standard InChI is InChI=1S/C11H19N3O2/c1-7(12-5-6-13-10(4)15)11-8(2)14-16-9(11)3/h7,12H,5-6H2,1-4H3,(H,13,15). The number of hydrogen-bond donors (Lipinski definition) is 2. The third-order valence-electron chi connectivity index (χ3n) is 2.47. The SMILES string of the molecule is CC(=O)NCCNC(C)c1c(C)noc1C. The number of rotatable bonds is 5. The number of nitrogens with one attached hydrogen (secondary N) is 2. The summed E-state index contributed by atoms with van der Waals surface area (Å²) in [6.45, 7) is 8.76. The van der Waals surface area contributed by atoms with Gasteiger partial charge in [-0.15, -0.1) is 0 Å². The summed E-state index contributed by atoms with van der Waals surface area (Å²) < 4.78 is 5.10. The van der Waals surface area contributed by atoms with Gasteiger partial charge in [-0.25, -0.2) is 0 Å². The van der Waals surface area contributed by atoms with E-state index in [2.05, 4.69) is 22.7 Å². The predicted molar refractivity (Wildman–Crippen MR) is 61.1 cm³/mol. The first-order chi connectivity index (χ1) is 7.52. The molecule has 1 heterocycles. The lowest BCUT2D eigenvalue weighted by atomic mass is 10.1. The summed E-state index contributed by atoms with van der Waals surface area (Å²) in [5.41, 5.74) is 2.01. The lowest BCUT2D eigenvalue weighted by Gasteiger charge is -2.13. The highest BCUT2D eigenvalue weighted by atomic mass is 16.5. The Morgan fingerprint density at radius 2 is 2.12 bits per heavy atom. The van der Waals surface area contributed by atoms with Crippen LogP contribution in [0.3, 0.4) is 0 Å². The zero-order valence-corrected chi connectivity index (χ0v) is 10.3. The molecule has 0 fully saturated rings. The summed E-state index contributed by atoms with van der Waals surface area (Å²) in [5.74, 6) is 0.837. The van der Waals surface area contributed by atoms with Crippen LogP contribution in [-0.2, 0) is 4.79 Å². The van der Waals surface area contributed by atoms with Crippen molar-refractivity contribution < 1.29 is 9.32 Å². The van der Waals surface area contributed by atoms with Gasteiger partial charge in [0.1, 0.15) is 5.76 Å². The summed E-state index contributed by atoms with van der Waals surface area (Å²) in [7, 11) is 0. The smallest absolute Gasteiger partial charge is 0.216 e. The maximum absolute atomic E-state index is 10.7. The van der Waals surface area contributed by atoms with Gasteiger partial charge in [0.15, 0.2) is 0 Å². The largest absolute Gasteiger partial charge is 0.361 e. The third-order valence-corrected chi connectivity index (χ3v) is 2.47. The molecule has 1 rings (SSSR count). The fourth-order valence-electron chi connectivity index (χ4n) is 1.74. The highest BCUT2D eigenvalue weighted by Gasteiger charge is 2.15. The minimum atomic E-state index is -0.00760. The van der Waals surface area contributed by atoms with Crippen molar-refractivity contribution in [3.05, 3.63) is 17.0 Å². The topological polar surface area (TPSA) is 67.2 Å². The second kappa shape index (κ2) is 5.65. The van der Waals surface area contributed by atoms with Crippen molar-refractivity contribution in [3.8, 4) is 0 Å². The normalized spacial score (nSPS) is 12.5. The van der Waals surface area contributed by atoms with Crippen molar-refractivity contribution in [2.75, 3.05) is 13.1 Å². The van der Waals surface area contributed by atoms with Crippen LogP contribution >= 0.6 is 0 Å². The Balaban J connectivity index is 2.41. The van der Waals surface area contributed by atoms with Gasteiger partial charge in [0.2, 0.25) is 5.91 Å². The van der Waals surface area contributed by atoms with Crippen LogP contribution in [0.1, 0.15) is 36.9 Å². The van der Waals surface area contributed by atoms with E-state index < -0.39 is 0 Å². The molecule has 0 aliphatic rings. The van der Waals surface area contributed by atoms with E-state index in [-0.39, 0.29) is 11.9 Å². The van der Waals surface area contributed by atoms with E-state index in [1.165, 1.54) is 6.92 Å². The van der Waals surface area contributed by atoms with Crippen LogP contribution in [0, 0.1) is 13.8 Å². The number of carbonyl (C=O) groups is 1. The van der Waals surface area contributed by atoms with E-state index >= 15 is 0 Å². The van der Waals surface area contributed by atoms with Crippen LogP contribution in [0.4, 0.5) is 0 Å². The van der Waals surface area contributed by atoms with E-state index in [1.807, 2.05) is 13.8 Å². The van der Waals surface area contributed by atoms with E-state index in [0.29, 0.717) is 6.54 Å². The zero-order chi connectivity index (χ0) is 12.1. The third kappa shape index (κ3) is 3.34. The van der Waals surface area contributed by atoms with E-state index in [9.17, 15) is 4.79 Å². The second-order valence-corrected chi connectivity index (χ2v) is 3.90. The van der Waals surface area contributed by atoms with Crippen molar-refractivity contribution >= 4 is 5.91 Å². The zero-order valence-electron chi connectivity index (χ0n) is 10.3. The first kappa shape index (κ1) is 12.7. The molecule has 16 heavy (non-hydrogen) atoms. The van der Waals surface area contributed by atoms with Crippen LogP contribution in [0.25, 0.3) is 0 Å². The minimum Gasteiger partial charge on any atom is -0.361 e. The average Bonchev–Trinajstić information content (AvgIpc) is 2.53. The lowest BCUT2D eigenvalue weighted by Crippen LogP contribution is -2.31. The van der Waals surface area contributed by atoms with E-state index in [4.69, 9.17) is 4.52 Å². The monoisotopic (exact) mass is 225 g/mol. The van der Waals surface area contributed by atoms with Gasteiger partial charge in [0.25, 0.3) is 0 Å².